The van der Waals surface area contributed by atoms with E-state index in [0.717, 1.165) is 11.8 Å². The smallest absolute Gasteiger partial charge is 0.277 e. The number of hydrogen-bond donors (Lipinski definition) is 2. The van der Waals surface area contributed by atoms with Gasteiger partial charge in [0.25, 0.3) is 11.1 Å². The summed E-state index contributed by atoms with van der Waals surface area (Å²) in [5.74, 6) is 0.0658. The Morgan fingerprint density at radius 2 is 1.89 bits per heavy atom. The van der Waals surface area contributed by atoms with Crippen LogP contribution in [0.1, 0.15) is 16.2 Å². The van der Waals surface area contributed by atoms with Crippen LogP contribution in [0.15, 0.2) is 58.2 Å². The van der Waals surface area contributed by atoms with Gasteiger partial charge in [0.1, 0.15) is 5.75 Å². The number of benzene rings is 2. The van der Waals surface area contributed by atoms with Crippen molar-refractivity contribution in [3.63, 3.8) is 0 Å². The normalized spacial score (nSPS) is 10.5. The third kappa shape index (κ3) is 5.48. The van der Waals surface area contributed by atoms with Crippen LogP contribution in [-0.2, 0) is 11.4 Å². The second-order valence-electron chi connectivity index (χ2n) is 5.46. The van der Waals surface area contributed by atoms with E-state index < -0.39 is 5.91 Å². The Bertz CT molecular complexity index is 978. The van der Waals surface area contributed by atoms with Gasteiger partial charge in [0.05, 0.1) is 10.8 Å². The fraction of sp³-hybridized carbons (Fsp3) is 0.111. The molecule has 1 aromatic heterocycles. The number of carbonyl (C=O) groups excluding carboxylic acids is 2. The van der Waals surface area contributed by atoms with Gasteiger partial charge in [-0.2, -0.15) is 0 Å². The van der Waals surface area contributed by atoms with E-state index >= 15 is 0 Å². The summed E-state index contributed by atoms with van der Waals surface area (Å²) in [7, 11) is 0. The summed E-state index contributed by atoms with van der Waals surface area (Å²) in [5.41, 5.74) is 6.09. The zero-order valence-electron chi connectivity index (χ0n) is 14.4. The monoisotopic (exact) mass is 418 g/mol. The van der Waals surface area contributed by atoms with Crippen molar-refractivity contribution in [2.24, 2.45) is 5.73 Å². The van der Waals surface area contributed by atoms with Crippen LogP contribution in [0.3, 0.4) is 0 Å². The number of amides is 2. The molecule has 8 nitrogen and oxygen atoms in total. The van der Waals surface area contributed by atoms with Crippen LogP contribution in [0.4, 0.5) is 5.69 Å². The Kier molecular flexibility index (Phi) is 6.51. The Hall–Kier alpha value is -3.04. The minimum absolute atomic E-state index is 0.0652. The van der Waals surface area contributed by atoms with Gasteiger partial charge in [-0.25, -0.2) is 0 Å². The highest BCUT2D eigenvalue weighted by molar-refractivity contribution is 7.99. The average Bonchev–Trinajstić information content (AvgIpc) is 3.14. The number of primary amides is 1. The van der Waals surface area contributed by atoms with E-state index in [4.69, 9.17) is 26.5 Å². The lowest BCUT2D eigenvalue weighted by Gasteiger charge is -2.05. The van der Waals surface area contributed by atoms with Crippen molar-refractivity contribution in [3.8, 4) is 5.75 Å². The summed E-state index contributed by atoms with van der Waals surface area (Å²) in [6.45, 7) is 0.0652. The van der Waals surface area contributed by atoms with Crippen molar-refractivity contribution in [2.75, 3.05) is 11.1 Å². The molecule has 1 heterocycles. The van der Waals surface area contributed by atoms with Crippen LogP contribution in [0.2, 0.25) is 5.02 Å². The first kappa shape index (κ1) is 19.7. The van der Waals surface area contributed by atoms with Crippen molar-refractivity contribution >= 4 is 40.9 Å². The number of thioether (sulfide) groups is 1. The first-order chi connectivity index (χ1) is 13.5. The summed E-state index contributed by atoms with van der Waals surface area (Å²) in [5, 5.41) is 11.2. The van der Waals surface area contributed by atoms with Gasteiger partial charge in [0.15, 0.2) is 6.61 Å². The maximum absolute atomic E-state index is 12.0. The van der Waals surface area contributed by atoms with Crippen LogP contribution in [0.25, 0.3) is 0 Å². The summed E-state index contributed by atoms with van der Waals surface area (Å²) < 4.78 is 10.9. The number of rotatable bonds is 8. The van der Waals surface area contributed by atoms with Crippen LogP contribution < -0.4 is 15.8 Å². The van der Waals surface area contributed by atoms with Crippen LogP contribution in [0.5, 0.6) is 5.75 Å². The molecule has 10 heteroatoms. The van der Waals surface area contributed by atoms with E-state index in [1.165, 1.54) is 12.1 Å². The minimum atomic E-state index is -0.529. The van der Waals surface area contributed by atoms with E-state index in [1.807, 2.05) is 0 Å². The fourth-order valence-electron chi connectivity index (χ4n) is 2.10. The summed E-state index contributed by atoms with van der Waals surface area (Å²) in [6, 6.07) is 13.3. The highest BCUT2D eigenvalue weighted by Gasteiger charge is 2.11. The summed E-state index contributed by atoms with van der Waals surface area (Å²) >= 11 is 7.10. The molecule has 0 aliphatic heterocycles. The molecule has 0 atom stereocenters. The first-order valence-electron chi connectivity index (χ1n) is 8.03. The maximum atomic E-state index is 12.0. The fourth-order valence-corrected chi connectivity index (χ4v) is 2.87. The number of ether oxygens (including phenoxy) is 1. The number of halogens is 1. The molecule has 0 aliphatic rings. The lowest BCUT2D eigenvalue weighted by Crippen LogP contribution is -2.15. The second-order valence-corrected chi connectivity index (χ2v) is 6.79. The van der Waals surface area contributed by atoms with Gasteiger partial charge in [-0.15, -0.1) is 10.2 Å². The molecule has 2 aromatic carbocycles. The Morgan fingerprint density at radius 1 is 1.14 bits per heavy atom. The molecule has 28 heavy (non-hydrogen) atoms. The number of nitrogens with one attached hydrogen (secondary N) is 1. The molecule has 0 spiro atoms. The maximum Gasteiger partial charge on any atom is 0.277 e. The third-order valence-electron chi connectivity index (χ3n) is 3.42. The number of hydrogen-bond acceptors (Lipinski definition) is 7. The van der Waals surface area contributed by atoms with Gasteiger partial charge in [-0.3, -0.25) is 9.59 Å². The molecule has 0 radical (unpaired) electrons. The van der Waals surface area contributed by atoms with Gasteiger partial charge in [0, 0.05) is 11.3 Å². The van der Waals surface area contributed by atoms with E-state index in [0.29, 0.717) is 22.0 Å². The van der Waals surface area contributed by atoms with Crippen molar-refractivity contribution < 1.29 is 18.7 Å². The lowest BCUT2D eigenvalue weighted by molar-refractivity contribution is -0.113. The molecule has 3 aromatic rings. The minimum Gasteiger partial charge on any atom is -0.482 e. The Balaban J connectivity index is 1.46. The predicted molar refractivity (Wildman–Crippen MR) is 104 cm³/mol. The van der Waals surface area contributed by atoms with Gasteiger partial charge >= 0.3 is 0 Å². The molecule has 0 fully saturated rings. The molecule has 0 unspecified atom stereocenters. The van der Waals surface area contributed by atoms with Crippen molar-refractivity contribution in [3.05, 3.63) is 65.0 Å². The van der Waals surface area contributed by atoms with E-state index in [1.54, 1.807) is 36.4 Å². The molecule has 144 valence electrons. The molecular formula is C18H15ClN4O4S. The molecule has 3 rings (SSSR count). The average molecular weight is 419 g/mol. The Morgan fingerprint density at radius 3 is 2.61 bits per heavy atom. The first-order valence-corrected chi connectivity index (χ1v) is 9.40. The molecule has 0 bridgehead atoms. The highest BCUT2D eigenvalue weighted by Crippen LogP contribution is 2.24. The van der Waals surface area contributed by atoms with Gasteiger partial charge < -0.3 is 20.2 Å². The number of para-hydroxylation sites is 1. The third-order valence-corrected chi connectivity index (χ3v) is 4.55. The Labute approximate surface area is 169 Å². The van der Waals surface area contributed by atoms with E-state index in [2.05, 4.69) is 15.5 Å². The van der Waals surface area contributed by atoms with E-state index in [9.17, 15) is 9.59 Å². The standard InChI is InChI=1S/C18H15ClN4O4S/c19-13-3-1-2-4-14(13)26-9-16-22-23-18(27-16)28-10-15(24)21-12-7-5-11(6-8-12)17(20)25/h1-8H,9-10H2,(H2,20,25)(H,21,24). The molecule has 0 aliphatic carbocycles. The SMILES string of the molecule is NC(=O)c1ccc(NC(=O)CSc2nnc(COc3ccccc3Cl)o2)cc1. The molecule has 3 N–H and O–H groups in total. The zero-order valence-corrected chi connectivity index (χ0v) is 16.0. The second kappa shape index (κ2) is 9.25. The zero-order chi connectivity index (χ0) is 19.9. The number of carbonyl (C=O) groups is 2. The van der Waals surface area contributed by atoms with Crippen molar-refractivity contribution in [1.82, 2.24) is 10.2 Å². The van der Waals surface area contributed by atoms with Crippen molar-refractivity contribution in [2.45, 2.75) is 11.8 Å². The van der Waals surface area contributed by atoms with Crippen LogP contribution >= 0.6 is 23.4 Å². The topological polar surface area (TPSA) is 120 Å². The summed E-state index contributed by atoms with van der Waals surface area (Å²) in [4.78, 5) is 23.0. The molecule has 0 saturated carbocycles. The van der Waals surface area contributed by atoms with Gasteiger partial charge in [-0.05, 0) is 36.4 Å². The largest absolute Gasteiger partial charge is 0.482 e. The summed E-state index contributed by atoms with van der Waals surface area (Å²) in [6.07, 6.45) is 0. The highest BCUT2D eigenvalue weighted by atomic mass is 35.5. The van der Waals surface area contributed by atoms with Gasteiger partial charge in [-0.1, -0.05) is 35.5 Å². The number of aromatic nitrogens is 2. The number of nitrogens with two attached hydrogens (primary N) is 1. The number of nitrogens with zero attached hydrogens (tertiary/aromatic N) is 2. The number of anilines is 1. The predicted octanol–water partition coefficient (Wildman–Crippen LogP) is 3.13. The lowest BCUT2D eigenvalue weighted by atomic mass is 10.2. The van der Waals surface area contributed by atoms with Gasteiger partial charge in [0.2, 0.25) is 11.8 Å². The molecule has 2 amide bonds. The van der Waals surface area contributed by atoms with Crippen molar-refractivity contribution in [1.29, 1.82) is 0 Å². The quantitative estimate of drug-likeness (QED) is 0.539. The van der Waals surface area contributed by atoms with Crippen LogP contribution in [-0.4, -0.2) is 27.8 Å². The molecular weight excluding hydrogens is 404 g/mol. The van der Waals surface area contributed by atoms with E-state index in [-0.39, 0.29) is 29.4 Å². The molecule has 0 saturated heterocycles. The van der Waals surface area contributed by atoms with Crippen LogP contribution in [0, 0.1) is 0 Å².